The van der Waals surface area contributed by atoms with Crippen LogP contribution in [0.25, 0.3) is 0 Å². The van der Waals surface area contributed by atoms with E-state index in [1.54, 1.807) is 31.3 Å². The lowest BCUT2D eigenvalue weighted by Gasteiger charge is -2.16. The van der Waals surface area contributed by atoms with Gasteiger partial charge >= 0.3 is 6.09 Å². The first-order valence-corrected chi connectivity index (χ1v) is 7.38. The van der Waals surface area contributed by atoms with Gasteiger partial charge < -0.3 is 10.1 Å². The largest absolute Gasteiger partial charge is 0.452 e. The van der Waals surface area contributed by atoms with Gasteiger partial charge in [0.25, 0.3) is 11.6 Å². The Labute approximate surface area is 148 Å². The number of nitro benzene ring substituents is 1. The zero-order valence-electron chi connectivity index (χ0n) is 13.4. The number of carbonyl (C=O) groups is 2. The van der Waals surface area contributed by atoms with Crippen molar-refractivity contribution in [1.82, 2.24) is 0 Å². The Hall–Kier alpha value is -3.13. The molecule has 25 heavy (non-hydrogen) atoms. The Morgan fingerprint density at radius 3 is 2.40 bits per heavy atom. The summed E-state index contributed by atoms with van der Waals surface area (Å²) < 4.78 is 4.61. The van der Waals surface area contributed by atoms with E-state index in [-0.39, 0.29) is 16.3 Å². The second-order valence-corrected chi connectivity index (χ2v) is 5.36. The minimum Gasteiger partial charge on any atom is -0.452 e. The molecule has 0 aliphatic rings. The van der Waals surface area contributed by atoms with Crippen molar-refractivity contribution in [2.75, 3.05) is 24.4 Å². The van der Waals surface area contributed by atoms with Crippen LogP contribution in [0.5, 0.6) is 0 Å². The van der Waals surface area contributed by atoms with E-state index in [4.69, 9.17) is 11.6 Å². The molecular weight excluding hydrogens is 350 g/mol. The molecule has 0 saturated heterocycles. The highest BCUT2D eigenvalue weighted by Gasteiger charge is 2.16. The number of halogens is 1. The van der Waals surface area contributed by atoms with Crippen LogP contribution in [-0.2, 0) is 4.74 Å². The van der Waals surface area contributed by atoms with E-state index in [9.17, 15) is 19.7 Å². The molecule has 0 bridgehead atoms. The molecule has 2 rings (SSSR count). The first kappa shape index (κ1) is 18.2. The van der Waals surface area contributed by atoms with E-state index >= 15 is 0 Å². The lowest BCUT2D eigenvalue weighted by molar-refractivity contribution is -0.384. The van der Waals surface area contributed by atoms with Crippen molar-refractivity contribution in [2.24, 2.45) is 0 Å². The third kappa shape index (κ3) is 4.24. The van der Waals surface area contributed by atoms with Crippen molar-refractivity contribution in [3.8, 4) is 0 Å². The number of ether oxygens (including phenoxy) is 1. The van der Waals surface area contributed by atoms with Gasteiger partial charge in [-0.25, -0.2) is 4.79 Å². The van der Waals surface area contributed by atoms with Crippen LogP contribution in [-0.4, -0.2) is 31.1 Å². The molecular formula is C16H14ClN3O5. The van der Waals surface area contributed by atoms with E-state index in [0.29, 0.717) is 11.4 Å². The van der Waals surface area contributed by atoms with E-state index < -0.39 is 16.9 Å². The predicted molar refractivity (Wildman–Crippen MR) is 93.3 cm³/mol. The minimum absolute atomic E-state index is 0.00776. The van der Waals surface area contributed by atoms with Gasteiger partial charge in [-0.15, -0.1) is 0 Å². The van der Waals surface area contributed by atoms with Crippen LogP contribution in [0.1, 0.15) is 10.4 Å². The number of benzene rings is 2. The molecule has 0 heterocycles. The molecule has 1 N–H and O–H groups in total. The summed E-state index contributed by atoms with van der Waals surface area (Å²) in [6, 6.07) is 10.0. The van der Waals surface area contributed by atoms with Crippen LogP contribution >= 0.6 is 11.6 Å². The topological polar surface area (TPSA) is 102 Å². The molecule has 0 radical (unpaired) electrons. The Kier molecular flexibility index (Phi) is 5.56. The van der Waals surface area contributed by atoms with Gasteiger partial charge in [0, 0.05) is 30.6 Å². The smallest absolute Gasteiger partial charge is 0.413 e. The van der Waals surface area contributed by atoms with E-state index in [2.05, 4.69) is 10.1 Å². The quantitative estimate of drug-likeness (QED) is 0.659. The van der Waals surface area contributed by atoms with Gasteiger partial charge in [0.2, 0.25) is 0 Å². The van der Waals surface area contributed by atoms with Crippen molar-refractivity contribution in [3.05, 3.63) is 63.2 Å². The fourth-order valence-electron chi connectivity index (χ4n) is 2.01. The summed E-state index contributed by atoms with van der Waals surface area (Å²) in [7, 11) is 2.82. The summed E-state index contributed by atoms with van der Waals surface area (Å²) in [6.07, 6.45) is -0.528. The normalized spacial score (nSPS) is 10.0. The average Bonchev–Trinajstić information content (AvgIpc) is 2.61. The molecule has 0 spiro atoms. The van der Waals surface area contributed by atoms with Crippen LogP contribution in [0.2, 0.25) is 5.02 Å². The number of nitrogens with zero attached hydrogens (tertiary/aromatic N) is 2. The summed E-state index contributed by atoms with van der Waals surface area (Å²) >= 11 is 5.94. The van der Waals surface area contributed by atoms with Gasteiger partial charge in [0.1, 0.15) is 0 Å². The van der Waals surface area contributed by atoms with Crippen molar-refractivity contribution in [1.29, 1.82) is 0 Å². The highest BCUT2D eigenvalue weighted by atomic mass is 35.5. The first-order chi connectivity index (χ1) is 11.8. The average molecular weight is 364 g/mol. The van der Waals surface area contributed by atoms with Gasteiger partial charge in [-0.05, 0) is 30.3 Å². The molecule has 2 aromatic rings. The number of non-ortho nitro benzene ring substituents is 1. The Morgan fingerprint density at radius 1 is 1.20 bits per heavy atom. The number of nitrogens with one attached hydrogen (secondary N) is 1. The number of nitro groups is 1. The molecule has 8 nitrogen and oxygen atoms in total. The molecule has 0 aliphatic heterocycles. The number of carbonyl (C=O) groups excluding carboxylic acids is 2. The number of hydrogen-bond acceptors (Lipinski definition) is 5. The van der Waals surface area contributed by atoms with Gasteiger partial charge in [-0.3, -0.25) is 19.8 Å². The lowest BCUT2D eigenvalue weighted by Crippen LogP contribution is -2.25. The van der Waals surface area contributed by atoms with Crippen LogP contribution in [0.15, 0.2) is 42.5 Å². The van der Waals surface area contributed by atoms with Crippen LogP contribution < -0.4 is 10.2 Å². The fourth-order valence-corrected chi connectivity index (χ4v) is 2.21. The molecule has 0 atom stereocenters. The van der Waals surface area contributed by atoms with Gasteiger partial charge in [0.15, 0.2) is 0 Å². The molecule has 2 aromatic carbocycles. The second kappa shape index (κ2) is 7.63. The van der Waals surface area contributed by atoms with E-state index in [0.717, 1.165) is 6.07 Å². The van der Waals surface area contributed by atoms with Crippen molar-refractivity contribution < 1.29 is 19.2 Å². The second-order valence-electron chi connectivity index (χ2n) is 4.95. The fraction of sp³-hybridized carbons (Fsp3) is 0.125. The standard InChI is InChI=1S/C16H14ClN3O5/c1-19(16(22)25-2)11-5-3-10(4-6-11)18-15(21)13-9-12(20(23)24)7-8-14(13)17/h3-9H,1-2H3,(H,18,21). The Morgan fingerprint density at radius 2 is 1.84 bits per heavy atom. The zero-order chi connectivity index (χ0) is 18.6. The van der Waals surface area contributed by atoms with Crippen LogP contribution in [0.3, 0.4) is 0 Å². The summed E-state index contributed by atoms with van der Waals surface area (Å²) in [5, 5.41) is 13.5. The molecule has 130 valence electrons. The Balaban J connectivity index is 2.17. The number of amides is 2. The van der Waals surface area contributed by atoms with Gasteiger partial charge in [-0.1, -0.05) is 11.6 Å². The highest BCUT2D eigenvalue weighted by molar-refractivity contribution is 6.34. The van der Waals surface area contributed by atoms with Crippen LogP contribution in [0, 0.1) is 10.1 Å². The van der Waals surface area contributed by atoms with Crippen LogP contribution in [0.4, 0.5) is 21.9 Å². The molecule has 2 amide bonds. The monoisotopic (exact) mass is 363 g/mol. The highest BCUT2D eigenvalue weighted by Crippen LogP contribution is 2.24. The van der Waals surface area contributed by atoms with Gasteiger partial charge in [-0.2, -0.15) is 0 Å². The molecule has 0 fully saturated rings. The summed E-state index contributed by atoms with van der Waals surface area (Å²) in [5.74, 6) is -0.581. The van der Waals surface area contributed by atoms with Gasteiger partial charge in [0.05, 0.1) is 22.6 Å². The van der Waals surface area contributed by atoms with Crippen molar-refractivity contribution in [3.63, 3.8) is 0 Å². The predicted octanol–water partition coefficient (Wildman–Crippen LogP) is 3.70. The molecule has 9 heteroatoms. The molecule has 0 aliphatic carbocycles. The van der Waals surface area contributed by atoms with E-state index in [1.165, 1.54) is 24.1 Å². The van der Waals surface area contributed by atoms with Crippen molar-refractivity contribution >= 4 is 40.7 Å². The lowest BCUT2D eigenvalue weighted by atomic mass is 10.1. The minimum atomic E-state index is -0.607. The summed E-state index contributed by atoms with van der Waals surface area (Å²) in [6.45, 7) is 0. The summed E-state index contributed by atoms with van der Waals surface area (Å²) in [4.78, 5) is 35.2. The summed E-state index contributed by atoms with van der Waals surface area (Å²) in [5.41, 5.74) is 0.768. The number of methoxy groups -OCH3 is 1. The van der Waals surface area contributed by atoms with Crippen molar-refractivity contribution in [2.45, 2.75) is 0 Å². The first-order valence-electron chi connectivity index (χ1n) is 7.00. The number of anilines is 2. The SMILES string of the molecule is COC(=O)N(C)c1ccc(NC(=O)c2cc([N+](=O)[O-])ccc2Cl)cc1. The maximum atomic E-state index is 12.3. The maximum absolute atomic E-state index is 12.3. The number of rotatable bonds is 4. The third-order valence-electron chi connectivity index (χ3n) is 3.37. The molecule has 0 aromatic heterocycles. The zero-order valence-corrected chi connectivity index (χ0v) is 14.1. The molecule has 0 saturated carbocycles. The maximum Gasteiger partial charge on any atom is 0.413 e. The third-order valence-corrected chi connectivity index (χ3v) is 3.70. The van der Waals surface area contributed by atoms with E-state index in [1.807, 2.05) is 0 Å². The number of hydrogen-bond donors (Lipinski definition) is 1. The molecule has 0 unspecified atom stereocenters. The Bertz CT molecular complexity index is 823.